The van der Waals surface area contributed by atoms with Crippen LogP contribution in [0, 0.1) is 11.6 Å². The predicted molar refractivity (Wildman–Crippen MR) is 63.4 cm³/mol. The minimum absolute atomic E-state index is 0.123. The van der Waals surface area contributed by atoms with Gasteiger partial charge in [-0.2, -0.15) is 0 Å². The average molecular weight is 254 g/mol. The molecule has 0 spiro atoms. The standard InChI is InChI=1S/C14H16F2O2/c15-10-5-6-11(12(16)9-10)14(13(17)18)7-3-1-2-4-8-14/h5-6,9H,1-4,7-8H2,(H,17,18). The van der Waals surface area contributed by atoms with Crippen LogP contribution in [-0.2, 0) is 10.2 Å². The van der Waals surface area contributed by atoms with Crippen molar-refractivity contribution in [2.24, 2.45) is 0 Å². The molecule has 0 unspecified atom stereocenters. The lowest BCUT2D eigenvalue weighted by Crippen LogP contribution is -2.36. The maximum atomic E-state index is 13.9. The first-order valence-electron chi connectivity index (χ1n) is 6.25. The quantitative estimate of drug-likeness (QED) is 0.818. The van der Waals surface area contributed by atoms with Gasteiger partial charge in [0.15, 0.2) is 0 Å². The Morgan fingerprint density at radius 1 is 1.11 bits per heavy atom. The summed E-state index contributed by atoms with van der Waals surface area (Å²) in [6.07, 6.45) is 4.32. The molecule has 1 aromatic carbocycles. The highest BCUT2D eigenvalue weighted by Crippen LogP contribution is 2.39. The van der Waals surface area contributed by atoms with Crippen molar-refractivity contribution in [3.8, 4) is 0 Å². The number of halogens is 2. The normalized spacial score (nSPS) is 19.2. The van der Waals surface area contributed by atoms with E-state index in [1.165, 1.54) is 6.07 Å². The van der Waals surface area contributed by atoms with E-state index >= 15 is 0 Å². The van der Waals surface area contributed by atoms with Crippen molar-refractivity contribution >= 4 is 5.97 Å². The van der Waals surface area contributed by atoms with Crippen LogP contribution in [0.25, 0.3) is 0 Å². The van der Waals surface area contributed by atoms with Crippen LogP contribution in [0.2, 0.25) is 0 Å². The van der Waals surface area contributed by atoms with Crippen LogP contribution in [0.1, 0.15) is 44.1 Å². The fourth-order valence-electron chi connectivity index (χ4n) is 2.81. The van der Waals surface area contributed by atoms with E-state index in [0.717, 1.165) is 37.8 Å². The number of carboxylic acids is 1. The average Bonchev–Trinajstić information content (AvgIpc) is 2.55. The van der Waals surface area contributed by atoms with Gasteiger partial charge >= 0.3 is 5.97 Å². The zero-order valence-corrected chi connectivity index (χ0v) is 10.1. The van der Waals surface area contributed by atoms with E-state index in [-0.39, 0.29) is 5.56 Å². The Hall–Kier alpha value is -1.45. The predicted octanol–water partition coefficient (Wildman–Crippen LogP) is 3.64. The molecule has 0 aliphatic heterocycles. The van der Waals surface area contributed by atoms with Crippen LogP contribution in [0.15, 0.2) is 18.2 Å². The van der Waals surface area contributed by atoms with E-state index in [9.17, 15) is 18.7 Å². The van der Waals surface area contributed by atoms with Gasteiger partial charge in [0.25, 0.3) is 0 Å². The van der Waals surface area contributed by atoms with Crippen LogP contribution in [-0.4, -0.2) is 11.1 Å². The Bertz CT molecular complexity index is 449. The first-order chi connectivity index (χ1) is 8.56. The number of rotatable bonds is 2. The highest BCUT2D eigenvalue weighted by Gasteiger charge is 2.42. The third-order valence-corrected chi connectivity index (χ3v) is 3.81. The molecular formula is C14H16F2O2. The van der Waals surface area contributed by atoms with E-state index in [4.69, 9.17) is 0 Å². The summed E-state index contributed by atoms with van der Waals surface area (Å²) in [4.78, 5) is 11.6. The maximum absolute atomic E-state index is 13.9. The van der Waals surface area contributed by atoms with Gasteiger partial charge in [-0.15, -0.1) is 0 Å². The molecule has 0 heterocycles. The molecule has 1 aliphatic carbocycles. The van der Waals surface area contributed by atoms with Crippen LogP contribution in [0.4, 0.5) is 8.78 Å². The second kappa shape index (κ2) is 5.04. The van der Waals surface area contributed by atoms with Crippen LogP contribution < -0.4 is 0 Å². The molecule has 1 saturated carbocycles. The summed E-state index contributed by atoms with van der Waals surface area (Å²) in [6.45, 7) is 0. The first kappa shape index (κ1) is 13.0. The van der Waals surface area contributed by atoms with Crippen molar-refractivity contribution in [2.75, 3.05) is 0 Å². The third-order valence-electron chi connectivity index (χ3n) is 3.81. The second-order valence-corrected chi connectivity index (χ2v) is 4.93. The molecule has 1 fully saturated rings. The molecule has 18 heavy (non-hydrogen) atoms. The number of hydrogen-bond donors (Lipinski definition) is 1. The zero-order valence-electron chi connectivity index (χ0n) is 10.1. The van der Waals surface area contributed by atoms with E-state index in [1.54, 1.807) is 0 Å². The van der Waals surface area contributed by atoms with E-state index in [0.29, 0.717) is 12.8 Å². The first-order valence-corrected chi connectivity index (χ1v) is 6.25. The Balaban J connectivity index is 2.48. The number of aliphatic carboxylic acids is 1. The molecule has 0 saturated heterocycles. The zero-order chi connectivity index (χ0) is 13.2. The SMILES string of the molecule is O=C(O)C1(c2ccc(F)cc2F)CCCCCC1. The Labute approximate surface area is 105 Å². The molecule has 1 aromatic rings. The summed E-state index contributed by atoms with van der Waals surface area (Å²) < 4.78 is 26.8. The summed E-state index contributed by atoms with van der Waals surface area (Å²) >= 11 is 0. The van der Waals surface area contributed by atoms with Crippen LogP contribution >= 0.6 is 0 Å². The van der Waals surface area contributed by atoms with Gasteiger partial charge in [-0.1, -0.05) is 31.7 Å². The van der Waals surface area contributed by atoms with Crippen molar-refractivity contribution in [1.29, 1.82) is 0 Å². The van der Waals surface area contributed by atoms with Crippen molar-refractivity contribution in [3.05, 3.63) is 35.4 Å². The van der Waals surface area contributed by atoms with E-state index in [1.807, 2.05) is 0 Å². The lowest BCUT2D eigenvalue weighted by molar-refractivity contribution is -0.144. The van der Waals surface area contributed by atoms with Crippen molar-refractivity contribution in [1.82, 2.24) is 0 Å². The van der Waals surface area contributed by atoms with Crippen molar-refractivity contribution in [2.45, 2.75) is 43.9 Å². The van der Waals surface area contributed by atoms with Gasteiger partial charge in [0.2, 0.25) is 0 Å². The highest BCUT2D eigenvalue weighted by molar-refractivity contribution is 5.81. The summed E-state index contributed by atoms with van der Waals surface area (Å²) in [6, 6.07) is 3.18. The Morgan fingerprint density at radius 2 is 1.72 bits per heavy atom. The van der Waals surface area contributed by atoms with Gasteiger partial charge < -0.3 is 5.11 Å². The van der Waals surface area contributed by atoms with Gasteiger partial charge in [-0.05, 0) is 18.9 Å². The lowest BCUT2D eigenvalue weighted by Gasteiger charge is -2.28. The van der Waals surface area contributed by atoms with Crippen LogP contribution in [0.5, 0.6) is 0 Å². The monoisotopic (exact) mass is 254 g/mol. The maximum Gasteiger partial charge on any atom is 0.314 e. The molecule has 0 atom stereocenters. The molecule has 0 amide bonds. The molecule has 4 heteroatoms. The topological polar surface area (TPSA) is 37.3 Å². The number of carbonyl (C=O) groups is 1. The second-order valence-electron chi connectivity index (χ2n) is 4.93. The molecule has 0 radical (unpaired) electrons. The summed E-state index contributed by atoms with van der Waals surface area (Å²) in [5, 5.41) is 9.50. The lowest BCUT2D eigenvalue weighted by atomic mass is 9.74. The van der Waals surface area contributed by atoms with Gasteiger partial charge in [0.1, 0.15) is 11.6 Å². The van der Waals surface area contributed by atoms with Gasteiger partial charge in [-0.25, -0.2) is 8.78 Å². The molecule has 2 rings (SSSR count). The van der Waals surface area contributed by atoms with E-state index < -0.39 is 23.0 Å². The fraction of sp³-hybridized carbons (Fsp3) is 0.500. The smallest absolute Gasteiger partial charge is 0.314 e. The highest BCUT2D eigenvalue weighted by atomic mass is 19.1. The van der Waals surface area contributed by atoms with Gasteiger partial charge in [0, 0.05) is 11.6 Å². The fourth-order valence-corrected chi connectivity index (χ4v) is 2.81. The Morgan fingerprint density at radius 3 is 2.22 bits per heavy atom. The molecule has 2 nitrogen and oxygen atoms in total. The Kier molecular flexibility index (Phi) is 3.64. The number of carboxylic acid groups (broad SMARTS) is 1. The summed E-state index contributed by atoms with van der Waals surface area (Å²) in [5.41, 5.74) is -1.06. The third kappa shape index (κ3) is 2.24. The van der Waals surface area contributed by atoms with Crippen molar-refractivity contribution < 1.29 is 18.7 Å². The molecular weight excluding hydrogens is 238 g/mol. The minimum atomic E-state index is -1.19. The molecule has 1 N–H and O–H groups in total. The van der Waals surface area contributed by atoms with E-state index in [2.05, 4.69) is 0 Å². The number of hydrogen-bond acceptors (Lipinski definition) is 1. The molecule has 0 bridgehead atoms. The molecule has 98 valence electrons. The summed E-state index contributed by atoms with van der Waals surface area (Å²) in [7, 11) is 0. The van der Waals surface area contributed by atoms with Gasteiger partial charge in [-0.3, -0.25) is 4.79 Å². The van der Waals surface area contributed by atoms with Gasteiger partial charge in [0.05, 0.1) is 5.41 Å². The number of benzene rings is 1. The summed E-state index contributed by atoms with van der Waals surface area (Å²) in [5.74, 6) is -2.43. The van der Waals surface area contributed by atoms with Crippen LogP contribution in [0.3, 0.4) is 0 Å². The van der Waals surface area contributed by atoms with Crippen molar-refractivity contribution in [3.63, 3.8) is 0 Å². The largest absolute Gasteiger partial charge is 0.481 e. The minimum Gasteiger partial charge on any atom is -0.481 e. The molecule has 0 aromatic heterocycles. The molecule has 1 aliphatic rings.